The van der Waals surface area contributed by atoms with Crippen molar-refractivity contribution < 1.29 is 4.79 Å². The van der Waals surface area contributed by atoms with E-state index >= 15 is 0 Å². The molecule has 1 atom stereocenters. The topological polar surface area (TPSA) is 59.8 Å². The summed E-state index contributed by atoms with van der Waals surface area (Å²) in [5, 5.41) is 12.6. The van der Waals surface area contributed by atoms with Crippen LogP contribution in [0.4, 0.5) is 0 Å². The minimum absolute atomic E-state index is 0.102. The zero-order valence-electron chi connectivity index (χ0n) is 15.9. The number of rotatable bonds is 6. The fourth-order valence-electron chi connectivity index (χ4n) is 3.46. The van der Waals surface area contributed by atoms with E-state index in [1.807, 2.05) is 19.1 Å². The van der Waals surface area contributed by atoms with Crippen LogP contribution in [0.15, 0.2) is 29.4 Å². The Morgan fingerprint density at radius 2 is 2.00 bits per heavy atom. The average molecular weight is 373 g/mol. The van der Waals surface area contributed by atoms with Gasteiger partial charge in [0.05, 0.1) is 5.25 Å². The van der Waals surface area contributed by atoms with Crippen molar-refractivity contribution in [3.63, 3.8) is 0 Å². The van der Waals surface area contributed by atoms with Gasteiger partial charge in [0, 0.05) is 18.2 Å². The zero-order chi connectivity index (χ0) is 18.5. The van der Waals surface area contributed by atoms with Crippen molar-refractivity contribution in [3.05, 3.63) is 29.8 Å². The number of carbonyl (C=O) groups excluding carboxylic acids is 1. The Labute approximate surface area is 160 Å². The lowest BCUT2D eigenvalue weighted by Gasteiger charge is -2.24. The molecule has 1 saturated carbocycles. The molecule has 26 heavy (non-hydrogen) atoms. The summed E-state index contributed by atoms with van der Waals surface area (Å²) in [6.45, 7) is 6.89. The molecule has 0 bridgehead atoms. The number of nitrogens with zero attached hydrogens (tertiary/aromatic N) is 3. The highest BCUT2D eigenvalue weighted by atomic mass is 32.2. The molecular weight excluding hydrogens is 344 g/mol. The van der Waals surface area contributed by atoms with E-state index in [1.54, 1.807) is 0 Å². The van der Waals surface area contributed by atoms with E-state index in [-0.39, 0.29) is 11.2 Å². The summed E-state index contributed by atoms with van der Waals surface area (Å²) in [6, 6.07) is 8.53. The van der Waals surface area contributed by atoms with E-state index in [9.17, 15) is 4.79 Å². The van der Waals surface area contributed by atoms with Crippen LogP contribution in [0, 0.1) is 6.92 Å². The number of hydrogen-bond donors (Lipinski definition) is 1. The molecule has 6 heteroatoms. The lowest BCUT2D eigenvalue weighted by atomic mass is 9.95. The highest BCUT2D eigenvalue weighted by Crippen LogP contribution is 2.28. The summed E-state index contributed by atoms with van der Waals surface area (Å²) in [5.41, 5.74) is 2.27. The van der Waals surface area contributed by atoms with Crippen LogP contribution < -0.4 is 5.32 Å². The molecule has 1 N–H and O–H groups in total. The third-order valence-electron chi connectivity index (χ3n) is 5.02. The molecule has 1 heterocycles. The van der Waals surface area contributed by atoms with Crippen LogP contribution in [0.25, 0.3) is 11.4 Å². The first-order chi connectivity index (χ1) is 12.6. The zero-order valence-corrected chi connectivity index (χ0v) is 16.7. The van der Waals surface area contributed by atoms with E-state index in [0.29, 0.717) is 6.04 Å². The number of amides is 1. The molecule has 1 aromatic heterocycles. The number of nitrogens with one attached hydrogen (secondary N) is 1. The summed E-state index contributed by atoms with van der Waals surface area (Å²) in [4.78, 5) is 12.6. The van der Waals surface area contributed by atoms with Gasteiger partial charge in [-0.05, 0) is 39.2 Å². The molecule has 1 aromatic carbocycles. The highest BCUT2D eigenvalue weighted by Gasteiger charge is 2.23. The average Bonchev–Trinajstić information content (AvgIpc) is 3.05. The van der Waals surface area contributed by atoms with Crippen LogP contribution in [0.3, 0.4) is 0 Å². The summed E-state index contributed by atoms with van der Waals surface area (Å²) < 4.78 is 2.09. The van der Waals surface area contributed by atoms with Crippen molar-refractivity contribution in [2.75, 3.05) is 0 Å². The molecule has 5 nitrogen and oxygen atoms in total. The van der Waals surface area contributed by atoms with Crippen molar-refractivity contribution >= 4 is 17.7 Å². The van der Waals surface area contributed by atoms with Crippen molar-refractivity contribution in [3.8, 4) is 11.4 Å². The van der Waals surface area contributed by atoms with Crippen molar-refractivity contribution in [1.29, 1.82) is 0 Å². The Bertz CT molecular complexity index is 752. The third kappa shape index (κ3) is 4.29. The maximum absolute atomic E-state index is 12.6. The van der Waals surface area contributed by atoms with Crippen LogP contribution in [-0.2, 0) is 11.3 Å². The van der Waals surface area contributed by atoms with E-state index in [2.05, 4.69) is 46.1 Å². The van der Waals surface area contributed by atoms with Crippen LogP contribution >= 0.6 is 11.8 Å². The summed E-state index contributed by atoms with van der Waals surface area (Å²) >= 11 is 1.49. The number of hydrogen-bond acceptors (Lipinski definition) is 4. The molecule has 0 unspecified atom stereocenters. The molecule has 1 amide bonds. The highest BCUT2D eigenvalue weighted by molar-refractivity contribution is 8.00. The lowest BCUT2D eigenvalue weighted by Crippen LogP contribution is -2.40. The van der Waals surface area contributed by atoms with Gasteiger partial charge in [0.15, 0.2) is 11.0 Å². The fraction of sp³-hybridized carbons (Fsp3) is 0.550. The summed E-state index contributed by atoms with van der Waals surface area (Å²) in [6.07, 6.45) is 5.93. The molecule has 2 aromatic rings. The summed E-state index contributed by atoms with van der Waals surface area (Å²) in [5.74, 6) is 0.970. The maximum Gasteiger partial charge on any atom is 0.233 e. The second kappa shape index (κ2) is 8.71. The van der Waals surface area contributed by atoms with E-state index < -0.39 is 0 Å². The van der Waals surface area contributed by atoms with Gasteiger partial charge in [-0.2, -0.15) is 0 Å². The SMILES string of the molecule is CCn1c(S[C@H](C)C(=O)NC2CCCCC2)nnc1-c1ccccc1C. The standard InChI is InChI=1S/C20H28N4OS/c1-4-24-18(17-13-9-8-10-14(17)2)22-23-20(24)26-15(3)19(25)21-16-11-6-5-7-12-16/h8-10,13,15-16H,4-7,11-12H2,1-3H3,(H,21,25)/t15-/m1/s1. The maximum atomic E-state index is 12.6. The Balaban J connectivity index is 1.71. The molecule has 3 rings (SSSR count). The molecule has 1 fully saturated rings. The van der Waals surface area contributed by atoms with E-state index in [0.717, 1.165) is 35.9 Å². The van der Waals surface area contributed by atoms with Gasteiger partial charge in [0.2, 0.25) is 5.91 Å². The first kappa shape index (κ1) is 19.0. The molecule has 140 valence electrons. The second-order valence-electron chi connectivity index (χ2n) is 6.97. The number of aryl methyl sites for hydroxylation is 1. The van der Waals surface area contributed by atoms with Crippen molar-refractivity contribution in [1.82, 2.24) is 20.1 Å². The van der Waals surface area contributed by atoms with Crippen LogP contribution in [0.1, 0.15) is 51.5 Å². The molecular formula is C20H28N4OS. The monoisotopic (exact) mass is 372 g/mol. The third-order valence-corrected chi connectivity index (χ3v) is 6.10. The van der Waals surface area contributed by atoms with Gasteiger partial charge in [-0.25, -0.2) is 0 Å². The number of benzene rings is 1. The minimum atomic E-state index is -0.184. The molecule has 1 aliphatic rings. The lowest BCUT2D eigenvalue weighted by molar-refractivity contribution is -0.121. The number of thioether (sulfide) groups is 1. The van der Waals surface area contributed by atoms with E-state index in [4.69, 9.17) is 0 Å². The smallest absolute Gasteiger partial charge is 0.233 e. The van der Waals surface area contributed by atoms with E-state index in [1.165, 1.54) is 36.6 Å². The van der Waals surface area contributed by atoms with Crippen molar-refractivity contribution in [2.24, 2.45) is 0 Å². The number of carbonyl (C=O) groups is 1. The predicted octanol–water partition coefficient (Wildman–Crippen LogP) is 4.20. The van der Waals surface area contributed by atoms with Crippen LogP contribution in [0.2, 0.25) is 0 Å². The second-order valence-corrected chi connectivity index (χ2v) is 8.28. The van der Waals surface area contributed by atoms with Crippen LogP contribution in [0.5, 0.6) is 0 Å². The van der Waals surface area contributed by atoms with Gasteiger partial charge in [0.1, 0.15) is 0 Å². The molecule has 1 aliphatic carbocycles. The first-order valence-corrected chi connectivity index (χ1v) is 10.4. The Morgan fingerprint density at radius 1 is 1.27 bits per heavy atom. The Hall–Kier alpha value is -1.82. The van der Waals surface area contributed by atoms with Crippen LogP contribution in [-0.4, -0.2) is 32.0 Å². The van der Waals surface area contributed by atoms with Gasteiger partial charge in [0.25, 0.3) is 0 Å². The van der Waals surface area contributed by atoms with Gasteiger partial charge in [-0.1, -0.05) is 55.3 Å². The fourth-order valence-corrected chi connectivity index (χ4v) is 4.38. The predicted molar refractivity (Wildman–Crippen MR) is 106 cm³/mol. The van der Waals surface area contributed by atoms with Gasteiger partial charge >= 0.3 is 0 Å². The quantitative estimate of drug-likeness (QED) is 0.772. The molecule has 0 spiro atoms. The largest absolute Gasteiger partial charge is 0.352 e. The normalized spacial score (nSPS) is 16.4. The minimum Gasteiger partial charge on any atom is -0.352 e. The number of aromatic nitrogens is 3. The van der Waals surface area contributed by atoms with Crippen molar-refractivity contribution in [2.45, 2.75) is 75.9 Å². The first-order valence-electron chi connectivity index (χ1n) is 9.56. The molecule has 0 saturated heterocycles. The summed E-state index contributed by atoms with van der Waals surface area (Å²) in [7, 11) is 0. The van der Waals surface area contributed by atoms with Gasteiger partial charge in [-0.15, -0.1) is 10.2 Å². The Kier molecular flexibility index (Phi) is 6.35. The van der Waals surface area contributed by atoms with Gasteiger partial charge < -0.3 is 9.88 Å². The molecule has 0 aliphatic heterocycles. The Morgan fingerprint density at radius 3 is 2.69 bits per heavy atom. The molecule has 0 radical (unpaired) electrons. The van der Waals surface area contributed by atoms with Gasteiger partial charge in [-0.3, -0.25) is 4.79 Å².